The van der Waals surface area contributed by atoms with E-state index in [0.29, 0.717) is 56.0 Å². The van der Waals surface area contributed by atoms with Gasteiger partial charge in [-0.25, -0.2) is 0 Å². The van der Waals surface area contributed by atoms with Gasteiger partial charge >= 0.3 is 0 Å². The van der Waals surface area contributed by atoms with Crippen LogP contribution in [-0.2, 0) is 23.3 Å². The van der Waals surface area contributed by atoms with Crippen LogP contribution < -0.4 is 19.9 Å². The highest BCUT2D eigenvalue weighted by Crippen LogP contribution is 2.49. The molecule has 11 heteroatoms. The third-order valence-electron chi connectivity index (χ3n) is 7.97. The summed E-state index contributed by atoms with van der Waals surface area (Å²) in [7, 11) is 3.14. The Kier molecular flexibility index (Phi) is 9.98. The molecule has 8 nitrogen and oxygen atoms in total. The third kappa shape index (κ3) is 5.89. The highest BCUT2D eigenvalue weighted by Gasteiger charge is 2.50. The molecule has 0 saturated heterocycles. The Hall–Kier alpha value is -3.98. The number of carbonyl (C=O) groups excluding carboxylic acids is 2. The van der Waals surface area contributed by atoms with Crippen molar-refractivity contribution in [2.24, 2.45) is 0 Å². The van der Waals surface area contributed by atoms with Crippen LogP contribution in [0.5, 0.6) is 11.5 Å². The maximum atomic E-state index is 14.5. The lowest BCUT2D eigenvalue weighted by molar-refractivity contribution is -0.121. The molecule has 1 atom stereocenters. The zero-order valence-electron chi connectivity index (χ0n) is 24.6. The predicted octanol–water partition coefficient (Wildman–Crippen LogP) is 6.64. The normalized spacial score (nSPS) is 15.4. The van der Waals surface area contributed by atoms with Crippen LogP contribution in [0.15, 0.2) is 77.7 Å². The molecule has 1 unspecified atom stereocenters. The summed E-state index contributed by atoms with van der Waals surface area (Å²) in [5.74, 6) is 0.705. The summed E-state index contributed by atoms with van der Waals surface area (Å²) in [6.07, 6.45) is 1.55. The fourth-order valence-electron chi connectivity index (χ4n) is 5.55. The number of rotatable bonds is 9. The lowest BCUT2D eigenvalue weighted by Crippen LogP contribution is -2.39. The summed E-state index contributed by atoms with van der Waals surface area (Å²) in [6, 6.07) is 19.1. The topological polar surface area (TPSA) is 91.9 Å². The van der Waals surface area contributed by atoms with Crippen LogP contribution in [0.1, 0.15) is 46.5 Å². The van der Waals surface area contributed by atoms with Gasteiger partial charge in [0.1, 0.15) is 16.9 Å². The van der Waals surface area contributed by atoms with Crippen molar-refractivity contribution < 1.29 is 19.1 Å². The number of methoxy groups -OCH3 is 2. The molecule has 0 saturated carbocycles. The molecule has 0 radical (unpaired) electrons. The Bertz CT molecular complexity index is 1780. The van der Waals surface area contributed by atoms with E-state index in [9.17, 15) is 14.4 Å². The average molecular weight is 657 g/mol. The van der Waals surface area contributed by atoms with Crippen molar-refractivity contribution in [1.29, 1.82) is 0 Å². The van der Waals surface area contributed by atoms with Crippen LogP contribution in [0.2, 0.25) is 10.0 Å². The van der Waals surface area contributed by atoms with E-state index in [-0.39, 0.29) is 42.9 Å². The maximum Gasteiger partial charge on any atom is 0.254 e. The van der Waals surface area contributed by atoms with Crippen molar-refractivity contribution in [2.45, 2.75) is 32.4 Å². The number of fused-ring (bicyclic) bond motifs is 1. The van der Waals surface area contributed by atoms with E-state index in [0.717, 1.165) is 5.56 Å². The molecule has 44 heavy (non-hydrogen) atoms. The number of aromatic amines is 1. The van der Waals surface area contributed by atoms with Gasteiger partial charge in [0.15, 0.2) is 0 Å². The lowest BCUT2D eigenvalue weighted by Gasteiger charge is -2.28. The van der Waals surface area contributed by atoms with Crippen molar-refractivity contribution in [3.63, 3.8) is 0 Å². The van der Waals surface area contributed by atoms with E-state index in [1.165, 1.54) is 0 Å². The molecule has 1 aromatic heterocycles. The fourth-order valence-corrected chi connectivity index (χ4v) is 6.03. The molecule has 3 aromatic carbocycles. The number of hydrogen-bond acceptors (Lipinski definition) is 5. The Morgan fingerprint density at radius 1 is 0.955 bits per heavy atom. The quantitative estimate of drug-likeness (QED) is 0.218. The molecule has 0 fully saturated rings. The third-order valence-corrected chi connectivity index (χ3v) is 8.53. The molecule has 2 heterocycles. The van der Waals surface area contributed by atoms with Gasteiger partial charge in [-0.2, -0.15) is 0 Å². The summed E-state index contributed by atoms with van der Waals surface area (Å²) in [4.78, 5) is 46.3. The first-order valence-electron chi connectivity index (χ1n) is 13.7. The Morgan fingerprint density at radius 2 is 1.73 bits per heavy atom. The number of ether oxygens (including phenoxy) is 2. The zero-order valence-corrected chi connectivity index (χ0v) is 27.0. The van der Waals surface area contributed by atoms with E-state index in [4.69, 9.17) is 32.7 Å². The molecule has 1 N–H and O–H groups in total. The molecule has 5 rings (SSSR count). The van der Waals surface area contributed by atoms with Gasteiger partial charge < -0.3 is 24.3 Å². The first kappa shape index (κ1) is 32.9. The second-order valence-electron chi connectivity index (χ2n) is 10.4. The summed E-state index contributed by atoms with van der Waals surface area (Å²) in [6.45, 7) is 4.37. The number of pyridine rings is 1. The number of H-pyrrole nitrogens is 1. The number of aromatic nitrogens is 1. The predicted molar refractivity (Wildman–Crippen MR) is 175 cm³/mol. The standard InChI is InChI=1S/C33H31Cl2N3O5.ClH/c1-5-37(18-22-7-6-14-36-30(22)39)31(40)20-9-12-27(35)25(15-20)33(2)26-16-23(34)10-13-28(26)38(32(33)41)19-21-8-11-24(42-3)17-29(21)43-4;/h6-17H,5,18-19H2,1-4H3,(H,36,39);1H. The number of hydrogen-bond donors (Lipinski definition) is 1. The zero-order chi connectivity index (χ0) is 30.9. The first-order valence-corrected chi connectivity index (χ1v) is 14.5. The van der Waals surface area contributed by atoms with E-state index in [2.05, 4.69) is 4.98 Å². The molecule has 1 aliphatic heterocycles. The minimum Gasteiger partial charge on any atom is -0.497 e. The Morgan fingerprint density at radius 3 is 2.41 bits per heavy atom. The van der Waals surface area contributed by atoms with Crippen LogP contribution in [0.4, 0.5) is 5.69 Å². The van der Waals surface area contributed by atoms with Crippen molar-refractivity contribution in [2.75, 3.05) is 25.7 Å². The number of amides is 2. The smallest absolute Gasteiger partial charge is 0.254 e. The molecule has 230 valence electrons. The number of halogens is 3. The summed E-state index contributed by atoms with van der Waals surface area (Å²) in [5, 5.41) is 0.806. The number of benzene rings is 3. The van der Waals surface area contributed by atoms with Gasteiger partial charge in [0, 0.05) is 51.2 Å². The van der Waals surface area contributed by atoms with Gasteiger partial charge in [-0.05, 0) is 79.6 Å². The lowest BCUT2D eigenvalue weighted by atomic mass is 9.76. The second-order valence-corrected chi connectivity index (χ2v) is 11.2. The molecule has 0 bridgehead atoms. The van der Waals surface area contributed by atoms with Gasteiger partial charge in [-0.15, -0.1) is 12.4 Å². The minimum atomic E-state index is -1.25. The van der Waals surface area contributed by atoms with Crippen molar-refractivity contribution >= 4 is 53.1 Å². The molecular formula is C33H32Cl3N3O5. The van der Waals surface area contributed by atoms with Gasteiger partial charge in [0.05, 0.1) is 27.3 Å². The fraction of sp³-hybridized carbons (Fsp3) is 0.242. The Balaban J connectivity index is 0.00000442. The molecule has 0 spiro atoms. The SMILES string of the molecule is CCN(Cc1ccc[nH]c1=O)C(=O)c1ccc(Cl)c(C2(C)C(=O)N(Cc3ccc(OC)cc3OC)c3ccc(Cl)cc32)c1.Cl. The largest absolute Gasteiger partial charge is 0.497 e. The molecular weight excluding hydrogens is 625 g/mol. The average Bonchev–Trinajstić information content (AvgIpc) is 3.22. The van der Waals surface area contributed by atoms with Crippen LogP contribution in [0, 0.1) is 0 Å². The molecule has 1 aliphatic rings. The highest BCUT2D eigenvalue weighted by atomic mass is 35.5. The summed E-state index contributed by atoms with van der Waals surface area (Å²) in [5.41, 5.74) is 1.93. The van der Waals surface area contributed by atoms with Gasteiger partial charge in [-0.3, -0.25) is 14.4 Å². The van der Waals surface area contributed by atoms with Crippen molar-refractivity contribution in [3.8, 4) is 11.5 Å². The summed E-state index contributed by atoms with van der Waals surface area (Å²) >= 11 is 13.2. The number of anilines is 1. The monoisotopic (exact) mass is 655 g/mol. The van der Waals surface area contributed by atoms with Gasteiger partial charge in [0.2, 0.25) is 5.91 Å². The molecule has 2 amide bonds. The van der Waals surface area contributed by atoms with Crippen LogP contribution in [0.3, 0.4) is 0 Å². The first-order chi connectivity index (χ1) is 20.6. The Labute approximate surface area is 271 Å². The van der Waals surface area contributed by atoms with Crippen LogP contribution >= 0.6 is 35.6 Å². The van der Waals surface area contributed by atoms with Gasteiger partial charge in [-0.1, -0.05) is 29.3 Å². The van der Waals surface area contributed by atoms with Crippen LogP contribution in [0.25, 0.3) is 0 Å². The van der Waals surface area contributed by atoms with E-state index in [1.54, 1.807) is 85.7 Å². The minimum absolute atomic E-state index is 0. The molecule has 4 aromatic rings. The van der Waals surface area contributed by atoms with Crippen molar-refractivity contribution in [1.82, 2.24) is 9.88 Å². The van der Waals surface area contributed by atoms with E-state index in [1.807, 2.05) is 25.1 Å². The maximum absolute atomic E-state index is 14.5. The highest BCUT2D eigenvalue weighted by molar-refractivity contribution is 6.33. The number of nitrogens with zero attached hydrogens (tertiary/aromatic N) is 2. The van der Waals surface area contributed by atoms with E-state index < -0.39 is 5.41 Å². The second kappa shape index (κ2) is 13.3. The van der Waals surface area contributed by atoms with Gasteiger partial charge in [0.25, 0.3) is 11.5 Å². The summed E-state index contributed by atoms with van der Waals surface area (Å²) < 4.78 is 10.9. The van der Waals surface area contributed by atoms with Crippen molar-refractivity contribution in [3.05, 3.63) is 121 Å². The van der Waals surface area contributed by atoms with E-state index >= 15 is 0 Å². The number of carbonyl (C=O) groups is 2. The number of nitrogens with one attached hydrogen (secondary N) is 1. The van der Waals surface area contributed by atoms with Crippen LogP contribution in [-0.4, -0.2) is 42.5 Å². The molecule has 0 aliphatic carbocycles.